The number of likely N-dealkylation sites (tertiary alicyclic amines) is 1. The Morgan fingerprint density at radius 1 is 1.03 bits per heavy atom. The van der Waals surface area contributed by atoms with Crippen molar-refractivity contribution in [2.45, 2.75) is 68.2 Å². The van der Waals surface area contributed by atoms with Gasteiger partial charge in [0, 0.05) is 25.2 Å². The second-order valence-electron chi connectivity index (χ2n) is 9.79. The van der Waals surface area contributed by atoms with Gasteiger partial charge in [0.25, 0.3) is 0 Å². The molecule has 0 aromatic heterocycles. The largest absolute Gasteiger partial charge is 0.495 e. The minimum atomic E-state index is -3.73. The molecule has 8 nitrogen and oxygen atoms in total. The molecule has 0 radical (unpaired) electrons. The Bertz CT molecular complexity index is 934. The van der Waals surface area contributed by atoms with Crippen molar-refractivity contribution in [3.05, 3.63) is 23.8 Å². The molecule has 1 aliphatic carbocycles. The second-order valence-corrected chi connectivity index (χ2v) is 11.7. The zero-order chi connectivity index (χ0) is 24.0. The zero-order valence-corrected chi connectivity index (χ0v) is 21.2. The molecule has 0 bridgehead atoms. The SMILES string of the molecule is COc1ccc(CC(=O)NCC2(N3CCCCC3)CCCCC2)cc1S(=O)(=O)N1CCOCC1. The van der Waals surface area contributed by atoms with E-state index in [-0.39, 0.29) is 22.8 Å². The molecule has 3 fully saturated rings. The summed E-state index contributed by atoms with van der Waals surface area (Å²) in [4.78, 5) is 15.7. The summed E-state index contributed by atoms with van der Waals surface area (Å²) in [7, 11) is -2.26. The van der Waals surface area contributed by atoms with Gasteiger partial charge >= 0.3 is 0 Å². The number of nitrogens with zero attached hydrogens (tertiary/aromatic N) is 2. The first kappa shape index (κ1) is 25.4. The van der Waals surface area contributed by atoms with E-state index in [1.807, 2.05) is 0 Å². The minimum Gasteiger partial charge on any atom is -0.495 e. The molecule has 0 atom stereocenters. The molecule has 2 heterocycles. The molecule has 1 N–H and O–H groups in total. The molecule has 2 aliphatic heterocycles. The maximum Gasteiger partial charge on any atom is 0.246 e. The van der Waals surface area contributed by atoms with Gasteiger partial charge in [-0.25, -0.2) is 8.42 Å². The van der Waals surface area contributed by atoms with E-state index >= 15 is 0 Å². The van der Waals surface area contributed by atoms with Crippen molar-refractivity contribution < 1.29 is 22.7 Å². The third kappa shape index (κ3) is 5.75. The van der Waals surface area contributed by atoms with Gasteiger partial charge < -0.3 is 14.8 Å². The van der Waals surface area contributed by atoms with E-state index in [1.54, 1.807) is 18.2 Å². The lowest BCUT2D eigenvalue weighted by Gasteiger charge is -2.48. The van der Waals surface area contributed by atoms with Gasteiger partial charge in [-0.05, 0) is 56.5 Å². The molecule has 0 spiro atoms. The van der Waals surface area contributed by atoms with Gasteiger partial charge in [-0.2, -0.15) is 4.31 Å². The highest BCUT2D eigenvalue weighted by molar-refractivity contribution is 7.89. The number of rotatable bonds is 8. The molecule has 9 heteroatoms. The number of carbonyl (C=O) groups is 1. The van der Waals surface area contributed by atoms with Crippen LogP contribution in [0.15, 0.2) is 23.1 Å². The van der Waals surface area contributed by atoms with E-state index in [0.29, 0.717) is 44.2 Å². The van der Waals surface area contributed by atoms with Crippen molar-refractivity contribution in [3.8, 4) is 5.75 Å². The predicted molar refractivity (Wildman–Crippen MR) is 131 cm³/mol. The highest BCUT2D eigenvalue weighted by atomic mass is 32.2. The van der Waals surface area contributed by atoms with E-state index in [2.05, 4.69) is 10.2 Å². The van der Waals surface area contributed by atoms with Crippen LogP contribution >= 0.6 is 0 Å². The van der Waals surface area contributed by atoms with Crippen molar-refractivity contribution >= 4 is 15.9 Å². The monoisotopic (exact) mass is 493 g/mol. The molecule has 1 aromatic rings. The Kier molecular flexibility index (Phi) is 8.50. The average molecular weight is 494 g/mol. The fourth-order valence-electron chi connectivity index (χ4n) is 5.65. The van der Waals surface area contributed by atoms with Crippen LogP contribution in [-0.4, -0.2) is 82.1 Å². The van der Waals surface area contributed by atoms with Crippen LogP contribution in [0.5, 0.6) is 5.75 Å². The first-order valence-electron chi connectivity index (χ1n) is 12.7. The van der Waals surface area contributed by atoms with Crippen LogP contribution in [-0.2, 0) is 26.0 Å². The summed E-state index contributed by atoms with van der Waals surface area (Å²) in [6.45, 7) is 4.30. The summed E-state index contributed by atoms with van der Waals surface area (Å²) in [5.74, 6) is 0.226. The Morgan fingerprint density at radius 3 is 2.38 bits per heavy atom. The number of hydrogen-bond acceptors (Lipinski definition) is 6. The highest BCUT2D eigenvalue weighted by Crippen LogP contribution is 2.35. The van der Waals surface area contributed by atoms with Crippen LogP contribution in [0, 0.1) is 0 Å². The lowest BCUT2D eigenvalue weighted by molar-refractivity contribution is -0.121. The molecule has 1 saturated carbocycles. The molecular weight excluding hydrogens is 454 g/mol. The first-order valence-corrected chi connectivity index (χ1v) is 14.2. The molecule has 190 valence electrons. The van der Waals surface area contributed by atoms with Crippen LogP contribution in [0.2, 0.25) is 0 Å². The van der Waals surface area contributed by atoms with Gasteiger partial charge in [-0.3, -0.25) is 9.69 Å². The van der Waals surface area contributed by atoms with E-state index in [1.165, 1.54) is 49.9 Å². The van der Waals surface area contributed by atoms with Crippen molar-refractivity contribution in [2.24, 2.45) is 0 Å². The number of nitrogens with one attached hydrogen (secondary N) is 1. The maximum atomic E-state index is 13.2. The molecule has 1 amide bonds. The van der Waals surface area contributed by atoms with Gasteiger partial charge in [0.05, 0.1) is 26.7 Å². The topological polar surface area (TPSA) is 88.2 Å². The quantitative estimate of drug-likeness (QED) is 0.599. The highest BCUT2D eigenvalue weighted by Gasteiger charge is 2.38. The summed E-state index contributed by atoms with van der Waals surface area (Å²) in [5.41, 5.74) is 0.736. The van der Waals surface area contributed by atoms with E-state index < -0.39 is 10.0 Å². The molecular formula is C25H39N3O5S. The molecule has 0 unspecified atom stereocenters. The number of carbonyl (C=O) groups excluding carboxylic acids is 1. The predicted octanol–water partition coefficient (Wildman–Crippen LogP) is 2.56. The number of piperidine rings is 1. The molecule has 4 rings (SSSR count). The van der Waals surface area contributed by atoms with E-state index in [4.69, 9.17) is 9.47 Å². The average Bonchev–Trinajstić information content (AvgIpc) is 2.89. The zero-order valence-electron chi connectivity index (χ0n) is 20.4. The fourth-order valence-corrected chi connectivity index (χ4v) is 7.27. The Hall–Kier alpha value is -1.68. The van der Waals surface area contributed by atoms with Crippen molar-refractivity contribution in [2.75, 3.05) is 53.0 Å². The van der Waals surface area contributed by atoms with Gasteiger partial charge in [0.1, 0.15) is 10.6 Å². The summed E-state index contributed by atoms with van der Waals surface area (Å²) in [6.07, 6.45) is 9.90. The summed E-state index contributed by atoms with van der Waals surface area (Å²) >= 11 is 0. The van der Waals surface area contributed by atoms with Crippen molar-refractivity contribution in [1.82, 2.24) is 14.5 Å². The Morgan fingerprint density at radius 2 is 1.71 bits per heavy atom. The van der Waals surface area contributed by atoms with Gasteiger partial charge in [0.15, 0.2) is 0 Å². The molecule has 34 heavy (non-hydrogen) atoms. The Labute approximate surface area is 204 Å². The van der Waals surface area contributed by atoms with Crippen LogP contribution < -0.4 is 10.1 Å². The summed E-state index contributed by atoms with van der Waals surface area (Å²) in [5, 5.41) is 3.20. The third-order valence-corrected chi connectivity index (χ3v) is 9.53. The lowest BCUT2D eigenvalue weighted by Crippen LogP contribution is -2.58. The number of amides is 1. The number of benzene rings is 1. The van der Waals surface area contributed by atoms with Crippen LogP contribution in [0.3, 0.4) is 0 Å². The number of ether oxygens (including phenoxy) is 2. The molecule has 3 aliphatic rings. The minimum absolute atomic E-state index is 0.0677. The smallest absolute Gasteiger partial charge is 0.246 e. The van der Waals surface area contributed by atoms with Gasteiger partial charge in [-0.1, -0.05) is 31.7 Å². The first-order chi connectivity index (χ1) is 16.4. The van der Waals surface area contributed by atoms with Crippen LogP contribution in [0.25, 0.3) is 0 Å². The van der Waals surface area contributed by atoms with Gasteiger partial charge in [0.2, 0.25) is 15.9 Å². The summed E-state index contributed by atoms with van der Waals surface area (Å²) in [6, 6.07) is 5.01. The standard InChI is InChI=1S/C25H39N3O5S/c1-32-22-9-8-21(18-23(22)34(30,31)28-14-16-33-17-15-28)19-24(29)26-20-25(10-4-2-5-11-25)27-12-6-3-7-13-27/h8-9,18H,2-7,10-17,19-20H2,1H3,(H,26,29). The third-order valence-electron chi connectivity index (χ3n) is 7.61. The number of sulfonamides is 1. The van der Waals surface area contributed by atoms with E-state index in [9.17, 15) is 13.2 Å². The van der Waals surface area contributed by atoms with E-state index in [0.717, 1.165) is 25.9 Å². The van der Waals surface area contributed by atoms with Crippen molar-refractivity contribution in [1.29, 1.82) is 0 Å². The van der Waals surface area contributed by atoms with Gasteiger partial charge in [-0.15, -0.1) is 0 Å². The molecule has 2 saturated heterocycles. The molecule has 1 aromatic carbocycles. The summed E-state index contributed by atoms with van der Waals surface area (Å²) < 4.78 is 38.5. The number of hydrogen-bond donors (Lipinski definition) is 1. The number of methoxy groups -OCH3 is 1. The fraction of sp³-hybridized carbons (Fsp3) is 0.720. The normalized spacial score (nSPS) is 22.3. The number of morpholine rings is 1. The van der Waals surface area contributed by atoms with Crippen molar-refractivity contribution in [3.63, 3.8) is 0 Å². The second kappa shape index (κ2) is 11.4. The van der Waals surface area contributed by atoms with Crippen LogP contribution in [0.4, 0.5) is 0 Å². The maximum absolute atomic E-state index is 13.2. The Balaban J connectivity index is 1.44. The van der Waals surface area contributed by atoms with Crippen LogP contribution in [0.1, 0.15) is 56.9 Å². The lowest BCUT2D eigenvalue weighted by atomic mass is 9.79.